The van der Waals surface area contributed by atoms with Gasteiger partial charge in [0, 0.05) is 6.08 Å². The summed E-state index contributed by atoms with van der Waals surface area (Å²) in [5.41, 5.74) is 1.16. The number of nitrogens with zero attached hydrogens (tertiary/aromatic N) is 1. The molecule has 2 rings (SSSR count). The van der Waals surface area contributed by atoms with Gasteiger partial charge in [0.2, 0.25) is 0 Å². The van der Waals surface area contributed by atoms with Crippen molar-refractivity contribution >= 4 is 11.5 Å². The minimum Gasteiger partial charge on any atom is -0.390 e. The fraction of sp³-hybridized carbons (Fsp3) is 0.200. The Kier molecular flexibility index (Phi) is 1.94. The second-order valence-electron chi connectivity index (χ2n) is 2.95. The van der Waals surface area contributed by atoms with E-state index in [-0.39, 0.29) is 18.3 Å². The lowest BCUT2D eigenvalue weighted by molar-refractivity contribution is -0.115. The van der Waals surface area contributed by atoms with E-state index in [4.69, 9.17) is 5.11 Å². The van der Waals surface area contributed by atoms with Gasteiger partial charge in [-0.2, -0.15) is 0 Å². The number of hydrogen-bond donors (Lipinski definition) is 1. The number of allylic oxidation sites excluding steroid dienone is 5. The van der Waals surface area contributed by atoms with Crippen LogP contribution in [0.5, 0.6) is 0 Å². The lowest BCUT2D eigenvalue weighted by Gasteiger charge is -2.17. The molecular weight excluding hydrogens is 166 g/mol. The molecule has 1 atom stereocenters. The van der Waals surface area contributed by atoms with Gasteiger partial charge in [0.05, 0.1) is 23.9 Å². The summed E-state index contributed by atoms with van der Waals surface area (Å²) in [6.45, 7) is -0.181. The van der Waals surface area contributed by atoms with Crippen molar-refractivity contribution in [3.8, 4) is 0 Å². The molecular formula is C10H9NO2. The van der Waals surface area contributed by atoms with E-state index in [0.717, 1.165) is 5.71 Å². The predicted molar refractivity (Wildman–Crippen MR) is 49.4 cm³/mol. The van der Waals surface area contributed by atoms with E-state index in [0.29, 0.717) is 5.70 Å². The zero-order valence-electron chi connectivity index (χ0n) is 6.97. The Labute approximate surface area is 75.8 Å². The standard InChI is InChI=1S/C10H9NO2/c12-6-7-5-10(13)8-3-1-2-4-9(8)11-7/h1-5,8,12H,6H2. The second kappa shape index (κ2) is 3.11. The summed E-state index contributed by atoms with van der Waals surface area (Å²) >= 11 is 0. The first-order chi connectivity index (χ1) is 6.31. The van der Waals surface area contributed by atoms with Crippen molar-refractivity contribution < 1.29 is 9.90 Å². The number of hydrogen-bond acceptors (Lipinski definition) is 3. The summed E-state index contributed by atoms with van der Waals surface area (Å²) in [4.78, 5) is 15.6. The summed E-state index contributed by atoms with van der Waals surface area (Å²) in [6.07, 6.45) is 8.68. The molecule has 2 aliphatic rings. The number of carbonyl (C=O) groups excluding carboxylic acids is 1. The molecule has 3 heteroatoms. The van der Waals surface area contributed by atoms with Gasteiger partial charge in [0.25, 0.3) is 0 Å². The maximum absolute atomic E-state index is 11.4. The van der Waals surface area contributed by atoms with Crippen LogP contribution in [-0.4, -0.2) is 23.2 Å². The van der Waals surface area contributed by atoms with Crippen molar-refractivity contribution in [2.75, 3.05) is 6.61 Å². The number of fused-ring (bicyclic) bond motifs is 1. The van der Waals surface area contributed by atoms with Gasteiger partial charge in [0.15, 0.2) is 5.78 Å². The zero-order chi connectivity index (χ0) is 9.26. The smallest absolute Gasteiger partial charge is 0.170 e. The highest BCUT2D eigenvalue weighted by molar-refractivity contribution is 6.18. The summed E-state index contributed by atoms with van der Waals surface area (Å²) < 4.78 is 0. The summed E-state index contributed by atoms with van der Waals surface area (Å²) in [7, 11) is 0. The number of ketones is 1. The molecule has 0 aromatic carbocycles. The highest BCUT2D eigenvalue weighted by atomic mass is 16.3. The topological polar surface area (TPSA) is 49.7 Å². The molecule has 1 aliphatic carbocycles. The molecule has 13 heavy (non-hydrogen) atoms. The van der Waals surface area contributed by atoms with Crippen LogP contribution >= 0.6 is 0 Å². The summed E-state index contributed by atoms with van der Waals surface area (Å²) in [6, 6.07) is 0. The molecule has 1 N–H and O–H groups in total. The van der Waals surface area contributed by atoms with Crippen LogP contribution in [0.1, 0.15) is 0 Å². The van der Waals surface area contributed by atoms with Gasteiger partial charge < -0.3 is 5.11 Å². The molecule has 1 unspecified atom stereocenters. The molecule has 0 spiro atoms. The van der Waals surface area contributed by atoms with Crippen molar-refractivity contribution in [3.63, 3.8) is 0 Å². The van der Waals surface area contributed by atoms with Crippen LogP contribution in [0.25, 0.3) is 0 Å². The van der Waals surface area contributed by atoms with Crippen LogP contribution in [-0.2, 0) is 4.79 Å². The zero-order valence-corrected chi connectivity index (χ0v) is 6.97. The normalized spacial score (nSPS) is 25.3. The van der Waals surface area contributed by atoms with Crippen molar-refractivity contribution in [2.45, 2.75) is 0 Å². The van der Waals surface area contributed by atoms with E-state index >= 15 is 0 Å². The lowest BCUT2D eigenvalue weighted by Crippen LogP contribution is -2.24. The van der Waals surface area contributed by atoms with E-state index < -0.39 is 0 Å². The molecule has 0 radical (unpaired) electrons. The van der Waals surface area contributed by atoms with E-state index in [1.807, 2.05) is 18.2 Å². The number of carbonyl (C=O) groups is 1. The summed E-state index contributed by atoms with van der Waals surface area (Å²) in [5, 5.41) is 8.83. The fourth-order valence-electron chi connectivity index (χ4n) is 1.41. The van der Waals surface area contributed by atoms with Crippen molar-refractivity contribution in [1.82, 2.24) is 0 Å². The fourth-order valence-corrected chi connectivity index (χ4v) is 1.41. The SMILES string of the molecule is O=C1C=C(CO)N=C2C=CC=CC12. The van der Waals surface area contributed by atoms with Gasteiger partial charge in [-0.15, -0.1) is 0 Å². The Bertz CT molecular complexity index is 361. The third-order valence-electron chi connectivity index (χ3n) is 2.05. The first kappa shape index (κ1) is 8.13. The number of aliphatic hydroxyl groups excluding tert-OH is 1. The Morgan fingerprint density at radius 2 is 2.31 bits per heavy atom. The Balaban J connectivity index is 2.39. The third kappa shape index (κ3) is 1.38. The largest absolute Gasteiger partial charge is 0.390 e. The van der Waals surface area contributed by atoms with Gasteiger partial charge in [0.1, 0.15) is 0 Å². The highest BCUT2D eigenvalue weighted by Gasteiger charge is 2.23. The van der Waals surface area contributed by atoms with E-state index in [1.165, 1.54) is 6.08 Å². The molecule has 0 saturated heterocycles. The van der Waals surface area contributed by atoms with Gasteiger partial charge >= 0.3 is 0 Å². The molecule has 0 saturated carbocycles. The van der Waals surface area contributed by atoms with Crippen molar-refractivity contribution in [1.29, 1.82) is 0 Å². The quantitative estimate of drug-likeness (QED) is 0.635. The van der Waals surface area contributed by atoms with E-state index in [2.05, 4.69) is 4.99 Å². The highest BCUT2D eigenvalue weighted by Crippen LogP contribution is 2.18. The molecule has 0 fully saturated rings. The number of aliphatic hydroxyl groups is 1. The van der Waals surface area contributed by atoms with Gasteiger partial charge in [-0.1, -0.05) is 18.2 Å². The molecule has 0 amide bonds. The van der Waals surface area contributed by atoms with E-state index in [9.17, 15) is 4.79 Å². The van der Waals surface area contributed by atoms with Crippen LogP contribution < -0.4 is 0 Å². The maximum atomic E-state index is 11.4. The van der Waals surface area contributed by atoms with Crippen LogP contribution in [0.15, 0.2) is 41.1 Å². The Morgan fingerprint density at radius 3 is 3.08 bits per heavy atom. The molecule has 3 nitrogen and oxygen atoms in total. The predicted octanol–water partition coefficient (Wildman–Crippen LogP) is 0.628. The van der Waals surface area contributed by atoms with Gasteiger partial charge in [-0.25, -0.2) is 0 Å². The average molecular weight is 175 g/mol. The minimum absolute atomic E-state index is 0.00495. The average Bonchev–Trinajstić information content (AvgIpc) is 2.18. The van der Waals surface area contributed by atoms with Crippen molar-refractivity contribution in [3.05, 3.63) is 36.1 Å². The first-order valence-corrected chi connectivity index (χ1v) is 4.10. The first-order valence-electron chi connectivity index (χ1n) is 4.10. The Morgan fingerprint density at radius 1 is 1.46 bits per heavy atom. The maximum Gasteiger partial charge on any atom is 0.170 e. The van der Waals surface area contributed by atoms with Crippen LogP contribution in [0.4, 0.5) is 0 Å². The van der Waals surface area contributed by atoms with Gasteiger partial charge in [-0.05, 0) is 6.08 Å². The molecule has 0 aromatic rings. The Hall–Kier alpha value is -1.48. The lowest BCUT2D eigenvalue weighted by atomic mass is 9.91. The van der Waals surface area contributed by atoms with Crippen LogP contribution in [0.3, 0.4) is 0 Å². The number of rotatable bonds is 1. The van der Waals surface area contributed by atoms with E-state index in [1.54, 1.807) is 6.08 Å². The van der Waals surface area contributed by atoms with Gasteiger partial charge in [-0.3, -0.25) is 9.79 Å². The molecule has 0 aromatic heterocycles. The van der Waals surface area contributed by atoms with Crippen LogP contribution in [0.2, 0.25) is 0 Å². The third-order valence-corrected chi connectivity index (χ3v) is 2.05. The second-order valence-corrected chi connectivity index (χ2v) is 2.95. The summed E-state index contributed by atoms with van der Waals surface area (Å²) in [5.74, 6) is -0.241. The van der Waals surface area contributed by atoms with Crippen molar-refractivity contribution in [2.24, 2.45) is 10.9 Å². The molecule has 66 valence electrons. The monoisotopic (exact) mass is 175 g/mol. The molecule has 0 bridgehead atoms. The van der Waals surface area contributed by atoms with Crippen LogP contribution in [0, 0.1) is 5.92 Å². The number of aliphatic imine (C=N–C) groups is 1. The molecule has 1 aliphatic heterocycles. The molecule has 1 heterocycles. The minimum atomic E-state index is -0.236.